The number of fused-ring (bicyclic) bond motifs is 1. The summed E-state index contributed by atoms with van der Waals surface area (Å²) in [5.41, 5.74) is 2.65. The number of rotatable bonds is 4. The number of nitrogens with zero attached hydrogens (tertiary/aromatic N) is 2. The van der Waals surface area contributed by atoms with Gasteiger partial charge in [-0.3, -0.25) is 5.43 Å². The molecule has 136 valence electrons. The molecule has 1 N–H and O–H groups in total. The summed E-state index contributed by atoms with van der Waals surface area (Å²) >= 11 is 5.83. The van der Waals surface area contributed by atoms with Crippen molar-refractivity contribution in [3.63, 3.8) is 0 Å². The Balaban J connectivity index is 1.85. The maximum absolute atomic E-state index is 12.6. The summed E-state index contributed by atoms with van der Waals surface area (Å²) in [4.78, 5) is 3.66. The van der Waals surface area contributed by atoms with Gasteiger partial charge in [0.15, 0.2) is 22.9 Å². The number of hydrogen-bond acceptors (Lipinski definition) is 5. The molecule has 0 spiro atoms. The van der Waals surface area contributed by atoms with Crippen LogP contribution in [0.1, 0.15) is 18.2 Å². The monoisotopic (exact) mass is 383 g/mol. The first-order valence-corrected chi connectivity index (χ1v) is 7.77. The van der Waals surface area contributed by atoms with E-state index in [0.29, 0.717) is 29.0 Å². The maximum Gasteiger partial charge on any atom is 0.417 e. The summed E-state index contributed by atoms with van der Waals surface area (Å²) in [5.74, 6) is 1.06. The minimum Gasteiger partial charge on any atom is -0.493 e. The highest BCUT2D eigenvalue weighted by atomic mass is 35.5. The minimum absolute atomic E-state index is 0.00714. The molecular formula is C17H13ClF3N3O2. The summed E-state index contributed by atoms with van der Waals surface area (Å²) in [7, 11) is 1.54. The van der Waals surface area contributed by atoms with E-state index in [1.807, 2.05) is 12.1 Å². The van der Waals surface area contributed by atoms with Crippen molar-refractivity contribution in [1.82, 2.24) is 4.98 Å². The van der Waals surface area contributed by atoms with Gasteiger partial charge in [-0.05, 0) is 25.1 Å². The van der Waals surface area contributed by atoms with Crippen LogP contribution in [-0.2, 0) is 6.18 Å². The van der Waals surface area contributed by atoms with Gasteiger partial charge in [-0.1, -0.05) is 23.7 Å². The van der Waals surface area contributed by atoms with E-state index >= 15 is 0 Å². The number of hydrogen-bond donors (Lipinski definition) is 1. The van der Waals surface area contributed by atoms with Crippen molar-refractivity contribution in [2.45, 2.75) is 13.1 Å². The van der Waals surface area contributed by atoms with Crippen molar-refractivity contribution in [3.8, 4) is 5.75 Å². The summed E-state index contributed by atoms with van der Waals surface area (Å²) in [5, 5.41) is 4.71. The number of furan rings is 1. The summed E-state index contributed by atoms with van der Waals surface area (Å²) in [6.45, 7) is 1.68. The molecule has 0 aliphatic carbocycles. The molecule has 5 nitrogen and oxygen atoms in total. The molecule has 0 unspecified atom stereocenters. The number of ether oxygens (including phenoxy) is 1. The predicted molar refractivity (Wildman–Crippen MR) is 92.8 cm³/mol. The lowest BCUT2D eigenvalue weighted by Crippen LogP contribution is -2.07. The van der Waals surface area contributed by atoms with Crippen molar-refractivity contribution >= 4 is 34.1 Å². The van der Waals surface area contributed by atoms with Gasteiger partial charge in [0.05, 0.1) is 17.7 Å². The third kappa shape index (κ3) is 3.60. The first-order valence-electron chi connectivity index (χ1n) is 7.39. The van der Waals surface area contributed by atoms with Gasteiger partial charge in [-0.15, -0.1) is 0 Å². The summed E-state index contributed by atoms with van der Waals surface area (Å²) in [6, 6.07) is 8.02. The van der Waals surface area contributed by atoms with Crippen LogP contribution in [0.25, 0.3) is 11.0 Å². The number of pyridine rings is 1. The van der Waals surface area contributed by atoms with Crippen molar-refractivity contribution < 1.29 is 22.3 Å². The molecule has 0 fully saturated rings. The lowest BCUT2D eigenvalue weighted by atomic mass is 10.2. The number of aromatic nitrogens is 1. The van der Waals surface area contributed by atoms with E-state index in [4.69, 9.17) is 20.8 Å². The summed E-state index contributed by atoms with van der Waals surface area (Å²) in [6.07, 6.45) is -3.83. The third-order valence-electron chi connectivity index (χ3n) is 3.58. The largest absolute Gasteiger partial charge is 0.493 e. The molecule has 1 aromatic carbocycles. The molecule has 2 heterocycles. The fourth-order valence-electron chi connectivity index (χ4n) is 2.24. The molecule has 3 rings (SSSR count). The van der Waals surface area contributed by atoms with Crippen LogP contribution in [0.2, 0.25) is 5.02 Å². The van der Waals surface area contributed by atoms with Gasteiger partial charge in [0.2, 0.25) is 0 Å². The molecule has 9 heteroatoms. The van der Waals surface area contributed by atoms with Crippen LogP contribution in [0.5, 0.6) is 5.75 Å². The fourth-order valence-corrected chi connectivity index (χ4v) is 2.45. The molecule has 0 amide bonds. The third-order valence-corrected chi connectivity index (χ3v) is 3.87. The zero-order chi connectivity index (χ0) is 18.9. The van der Waals surface area contributed by atoms with E-state index in [2.05, 4.69) is 15.5 Å². The molecule has 0 aliphatic heterocycles. The fraction of sp³-hybridized carbons (Fsp3) is 0.176. The highest BCUT2D eigenvalue weighted by molar-refractivity contribution is 6.33. The van der Waals surface area contributed by atoms with Gasteiger partial charge in [0.1, 0.15) is 5.71 Å². The molecule has 0 saturated heterocycles. The average molecular weight is 384 g/mol. The quantitative estimate of drug-likeness (QED) is 0.487. The van der Waals surface area contributed by atoms with E-state index in [0.717, 1.165) is 11.5 Å². The number of alkyl halides is 3. The van der Waals surface area contributed by atoms with E-state index in [1.165, 1.54) is 7.11 Å². The van der Waals surface area contributed by atoms with Crippen molar-refractivity contribution in [3.05, 3.63) is 52.9 Å². The number of para-hydroxylation sites is 1. The molecular weight excluding hydrogens is 371 g/mol. The molecule has 26 heavy (non-hydrogen) atoms. The lowest BCUT2D eigenvalue weighted by molar-refractivity contribution is -0.137. The molecule has 0 bridgehead atoms. The Hall–Kier alpha value is -2.74. The zero-order valence-corrected chi connectivity index (χ0v) is 14.4. The predicted octanol–water partition coefficient (Wildman–Crippen LogP) is 5.34. The van der Waals surface area contributed by atoms with Crippen molar-refractivity contribution in [1.29, 1.82) is 0 Å². The van der Waals surface area contributed by atoms with Crippen molar-refractivity contribution in [2.24, 2.45) is 5.10 Å². The topological polar surface area (TPSA) is 59.6 Å². The van der Waals surface area contributed by atoms with Crippen LogP contribution in [0.15, 0.2) is 46.0 Å². The first-order chi connectivity index (χ1) is 12.3. The smallest absolute Gasteiger partial charge is 0.417 e. The minimum atomic E-state index is -4.51. The van der Waals surface area contributed by atoms with Gasteiger partial charge in [0, 0.05) is 11.6 Å². The highest BCUT2D eigenvalue weighted by Gasteiger charge is 2.31. The molecule has 3 aromatic rings. The molecule has 0 saturated carbocycles. The van der Waals surface area contributed by atoms with Crippen molar-refractivity contribution in [2.75, 3.05) is 12.5 Å². The van der Waals surface area contributed by atoms with Gasteiger partial charge in [0.25, 0.3) is 0 Å². The standard InChI is InChI=1S/C17H13ClF3N3O2/c1-9(14-6-10-4-3-5-13(25-2)15(10)26-14)23-24-16-12(18)7-11(8-22-16)17(19,20)21/h3-8H,1-2H3,(H,22,24)/b23-9-. The van der Waals surface area contributed by atoms with Crippen LogP contribution in [0, 0.1) is 0 Å². The normalized spacial score (nSPS) is 12.5. The zero-order valence-electron chi connectivity index (χ0n) is 13.7. The first kappa shape index (κ1) is 18.1. The van der Waals surface area contributed by atoms with Crippen LogP contribution in [0.3, 0.4) is 0 Å². The Kier molecular flexibility index (Phi) is 4.78. The Labute approximate surface area is 151 Å². The van der Waals surface area contributed by atoms with E-state index in [9.17, 15) is 13.2 Å². The Bertz CT molecular complexity index is 983. The van der Waals surface area contributed by atoms with Crippen LogP contribution < -0.4 is 10.2 Å². The maximum atomic E-state index is 12.6. The average Bonchev–Trinajstić information content (AvgIpc) is 3.03. The number of anilines is 1. The summed E-state index contributed by atoms with van der Waals surface area (Å²) < 4.78 is 48.9. The van der Waals surface area contributed by atoms with E-state index in [1.54, 1.807) is 19.1 Å². The molecule has 0 radical (unpaired) electrons. The van der Waals surface area contributed by atoms with Gasteiger partial charge in [-0.25, -0.2) is 4.98 Å². The number of benzene rings is 1. The number of nitrogens with one attached hydrogen (secondary N) is 1. The van der Waals surface area contributed by atoms with E-state index < -0.39 is 11.7 Å². The number of methoxy groups -OCH3 is 1. The van der Waals surface area contributed by atoms with Gasteiger partial charge < -0.3 is 9.15 Å². The van der Waals surface area contributed by atoms with Gasteiger partial charge >= 0.3 is 6.18 Å². The second-order valence-corrected chi connectivity index (χ2v) is 5.76. The lowest BCUT2D eigenvalue weighted by Gasteiger charge is -2.08. The molecule has 0 aliphatic rings. The SMILES string of the molecule is COc1cccc2cc(/C(C)=N\Nc3ncc(C(F)(F)F)cc3Cl)oc12. The second-order valence-electron chi connectivity index (χ2n) is 5.35. The van der Waals surface area contributed by atoms with E-state index in [-0.39, 0.29) is 10.8 Å². The second kappa shape index (κ2) is 6.87. The Morgan fingerprint density at radius 1 is 1.31 bits per heavy atom. The highest BCUT2D eigenvalue weighted by Crippen LogP contribution is 2.32. The Morgan fingerprint density at radius 2 is 2.08 bits per heavy atom. The Morgan fingerprint density at radius 3 is 2.73 bits per heavy atom. The number of halogens is 4. The van der Waals surface area contributed by atoms with Crippen LogP contribution >= 0.6 is 11.6 Å². The number of hydrazone groups is 1. The molecule has 0 atom stereocenters. The van der Waals surface area contributed by atoms with Crippen LogP contribution in [0.4, 0.5) is 19.0 Å². The van der Waals surface area contributed by atoms with Crippen LogP contribution in [-0.4, -0.2) is 17.8 Å². The van der Waals surface area contributed by atoms with Gasteiger partial charge in [-0.2, -0.15) is 18.3 Å². The molecule has 2 aromatic heterocycles.